The molecule has 8 heteroatoms. The number of halogens is 5. The van der Waals surface area contributed by atoms with E-state index in [2.05, 4.69) is 5.16 Å². The molecule has 1 heterocycles. The molecule has 2 unspecified atom stereocenters. The van der Waals surface area contributed by atoms with Gasteiger partial charge in [-0.05, 0) is 24.3 Å². The van der Waals surface area contributed by atoms with Crippen LogP contribution in [0.3, 0.4) is 0 Å². The van der Waals surface area contributed by atoms with Crippen LogP contribution >= 0.6 is 23.2 Å². The maximum atomic E-state index is 13.9. The molecule has 0 bridgehead atoms. The van der Waals surface area contributed by atoms with E-state index in [0.29, 0.717) is 11.3 Å². The van der Waals surface area contributed by atoms with Crippen molar-refractivity contribution in [1.29, 1.82) is 0 Å². The molecule has 132 valence electrons. The van der Waals surface area contributed by atoms with Crippen molar-refractivity contribution in [1.82, 2.24) is 0 Å². The predicted octanol–water partition coefficient (Wildman–Crippen LogP) is 4.92. The van der Waals surface area contributed by atoms with Crippen molar-refractivity contribution < 1.29 is 18.0 Å². The zero-order valence-corrected chi connectivity index (χ0v) is 14.2. The summed E-state index contributed by atoms with van der Waals surface area (Å²) in [6.45, 7) is 0. The fourth-order valence-corrected chi connectivity index (χ4v) is 3.20. The molecule has 1 aromatic rings. The van der Waals surface area contributed by atoms with E-state index in [-0.39, 0.29) is 16.3 Å². The summed E-state index contributed by atoms with van der Waals surface area (Å²) in [5.74, 6) is 0. The Labute approximate surface area is 152 Å². The lowest BCUT2D eigenvalue weighted by Crippen LogP contribution is -2.46. The molecule has 0 spiro atoms. The molecule has 3 nitrogen and oxygen atoms in total. The zero-order chi connectivity index (χ0) is 18.2. The van der Waals surface area contributed by atoms with Crippen LogP contribution in [0.25, 0.3) is 0 Å². The first-order valence-electron chi connectivity index (χ1n) is 7.31. The lowest BCUT2D eigenvalue weighted by Gasteiger charge is -2.30. The summed E-state index contributed by atoms with van der Waals surface area (Å²) in [6.07, 6.45) is 0.120. The first kappa shape index (κ1) is 17.9. The second-order valence-electron chi connectivity index (χ2n) is 5.71. The van der Waals surface area contributed by atoms with Crippen LogP contribution in [0.2, 0.25) is 0 Å². The van der Waals surface area contributed by atoms with E-state index in [1.807, 2.05) is 0 Å². The molecule has 0 saturated heterocycles. The minimum Gasteiger partial charge on any atom is -0.399 e. The van der Waals surface area contributed by atoms with Gasteiger partial charge < -0.3 is 10.6 Å². The lowest BCUT2D eigenvalue weighted by atomic mass is 9.85. The van der Waals surface area contributed by atoms with E-state index in [0.717, 1.165) is 0 Å². The molecule has 2 aliphatic rings. The Bertz CT molecular complexity index is 814. The fraction of sp³-hybridized carbons (Fsp3) is 0.235. The number of allylic oxidation sites excluding steroid dienone is 4. The van der Waals surface area contributed by atoms with Gasteiger partial charge in [-0.15, -0.1) is 11.6 Å². The van der Waals surface area contributed by atoms with E-state index in [1.165, 1.54) is 24.3 Å². The van der Waals surface area contributed by atoms with Crippen molar-refractivity contribution in [3.63, 3.8) is 0 Å². The highest BCUT2D eigenvalue weighted by molar-refractivity contribution is 6.32. The summed E-state index contributed by atoms with van der Waals surface area (Å²) in [5.41, 5.74) is 3.97. The van der Waals surface area contributed by atoms with Gasteiger partial charge in [-0.3, -0.25) is 0 Å². The van der Waals surface area contributed by atoms with E-state index in [4.69, 9.17) is 33.8 Å². The maximum absolute atomic E-state index is 13.9. The van der Waals surface area contributed by atoms with Gasteiger partial charge in [-0.25, -0.2) is 0 Å². The smallest absolute Gasteiger partial charge is 0.399 e. The van der Waals surface area contributed by atoms with Crippen LogP contribution in [-0.2, 0) is 4.84 Å². The molecule has 1 aromatic carbocycles. The Morgan fingerprint density at radius 3 is 2.76 bits per heavy atom. The second-order valence-corrected chi connectivity index (χ2v) is 6.65. The highest BCUT2D eigenvalue weighted by atomic mass is 35.5. The Morgan fingerprint density at radius 1 is 1.32 bits per heavy atom. The van der Waals surface area contributed by atoms with Crippen molar-refractivity contribution in [2.24, 2.45) is 5.16 Å². The van der Waals surface area contributed by atoms with Crippen molar-refractivity contribution >= 4 is 34.6 Å². The SMILES string of the molecule is Nc1cccc(C2=NOC(C3=CC(Cl)=CC(Cl)C=C3)(C(F)(F)F)C2)c1. The molecule has 0 amide bonds. The van der Waals surface area contributed by atoms with Gasteiger partial charge in [0.2, 0.25) is 0 Å². The van der Waals surface area contributed by atoms with Gasteiger partial charge in [0, 0.05) is 28.3 Å². The van der Waals surface area contributed by atoms with Crippen molar-refractivity contribution in [3.8, 4) is 0 Å². The number of alkyl halides is 4. The highest BCUT2D eigenvalue weighted by Crippen LogP contribution is 2.47. The summed E-state index contributed by atoms with van der Waals surface area (Å²) in [6, 6.07) is 6.46. The van der Waals surface area contributed by atoms with Crippen LogP contribution in [0, 0.1) is 0 Å². The topological polar surface area (TPSA) is 47.6 Å². The fourth-order valence-electron chi connectivity index (χ4n) is 2.68. The quantitative estimate of drug-likeness (QED) is 0.577. The van der Waals surface area contributed by atoms with Gasteiger partial charge in [0.25, 0.3) is 5.60 Å². The molecule has 3 rings (SSSR count). The molecule has 25 heavy (non-hydrogen) atoms. The number of benzene rings is 1. The molecular weight excluding hydrogens is 376 g/mol. The summed E-state index contributed by atoms with van der Waals surface area (Å²) in [4.78, 5) is 4.96. The number of hydrogen-bond acceptors (Lipinski definition) is 3. The number of nitrogens with two attached hydrogens (primary N) is 1. The molecule has 2 N–H and O–H groups in total. The predicted molar refractivity (Wildman–Crippen MR) is 92.7 cm³/mol. The van der Waals surface area contributed by atoms with E-state index >= 15 is 0 Å². The second kappa shape index (κ2) is 6.42. The molecule has 0 radical (unpaired) electrons. The molecule has 0 saturated carbocycles. The standard InChI is InChI=1S/C17H13Cl2F3N2O/c18-12-5-4-11(7-13(19)8-12)16(17(20,21)22)9-15(24-25-16)10-2-1-3-14(23)6-10/h1-8,12H,9,23H2. The van der Waals surface area contributed by atoms with Gasteiger partial charge in [-0.1, -0.05) is 41.0 Å². The van der Waals surface area contributed by atoms with Gasteiger partial charge in [0.1, 0.15) is 0 Å². The summed E-state index contributed by atoms with van der Waals surface area (Å²) in [7, 11) is 0. The number of anilines is 1. The molecule has 0 fully saturated rings. The summed E-state index contributed by atoms with van der Waals surface area (Å²) < 4.78 is 41.8. The molecule has 0 aromatic heterocycles. The van der Waals surface area contributed by atoms with Crippen LogP contribution in [0.1, 0.15) is 12.0 Å². The van der Waals surface area contributed by atoms with Gasteiger partial charge in [0.15, 0.2) is 0 Å². The number of rotatable bonds is 2. The number of hydrogen-bond donors (Lipinski definition) is 1. The van der Waals surface area contributed by atoms with Crippen LogP contribution in [-0.4, -0.2) is 22.9 Å². The number of oxime groups is 1. The third kappa shape index (κ3) is 3.41. The third-order valence-electron chi connectivity index (χ3n) is 3.94. The minimum atomic E-state index is -4.71. The normalized spacial score (nSPS) is 26.4. The van der Waals surface area contributed by atoms with Crippen LogP contribution in [0.4, 0.5) is 18.9 Å². The van der Waals surface area contributed by atoms with Crippen molar-refractivity contribution in [3.05, 3.63) is 64.7 Å². The van der Waals surface area contributed by atoms with E-state index in [9.17, 15) is 13.2 Å². The van der Waals surface area contributed by atoms with E-state index < -0.39 is 23.6 Å². The largest absolute Gasteiger partial charge is 0.435 e. The minimum absolute atomic E-state index is 0.102. The Balaban J connectivity index is 2.02. The van der Waals surface area contributed by atoms with Crippen molar-refractivity contribution in [2.75, 3.05) is 5.73 Å². The van der Waals surface area contributed by atoms with Crippen LogP contribution in [0.15, 0.2) is 64.3 Å². The maximum Gasteiger partial charge on any atom is 0.435 e. The van der Waals surface area contributed by atoms with Gasteiger partial charge >= 0.3 is 6.18 Å². The van der Waals surface area contributed by atoms with Crippen LogP contribution < -0.4 is 5.73 Å². The average molecular weight is 389 g/mol. The lowest BCUT2D eigenvalue weighted by molar-refractivity contribution is -0.251. The molecule has 1 aliphatic carbocycles. The Kier molecular flexibility index (Phi) is 4.60. The molecule has 1 aliphatic heterocycles. The van der Waals surface area contributed by atoms with Gasteiger partial charge in [-0.2, -0.15) is 13.2 Å². The first-order valence-corrected chi connectivity index (χ1v) is 8.12. The Hall–Kier alpha value is -1.92. The van der Waals surface area contributed by atoms with E-state index in [1.54, 1.807) is 24.3 Å². The average Bonchev–Trinajstić information content (AvgIpc) is 2.90. The first-order chi connectivity index (χ1) is 11.7. The Morgan fingerprint density at radius 2 is 2.08 bits per heavy atom. The van der Waals surface area contributed by atoms with Gasteiger partial charge in [0.05, 0.1) is 11.1 Å². The zero-order valence-electron chi connectivity index (χ0n) is 12.7. The van der Waals surface area contributed by atoms with Crippen LogP contribution in [0.5, 0.6) is 0 Å². The molecule has 2 atom stereocenters. The monoisotopic (exact) mass is 388 g/mol. The third-order valence-corrected chi connectivity index (χ3v) is 4.45. The number of nitrogens with zero attached hydrogens (tertiary/aromatic N) is 1. The van der Waals surface area contributed by atoms with Crippen molar-refractivity contribution in [2.45, 2.75) is 23.6 Å². The molecular formula is C17H13Cl2F3N2O. The number of nitrogen functional groups attached to an aromatic ring is 1. The summed E-state index contributed by atoms with van der Waals surface area (Å²) in [5, 5.41) is 3.18. The summed E-state index contributed by atoms with van der Waals surface area (Å²) >= 11 is 11.9. The highest BCUT2D eigenvalue weighted by Gasteiger charge is 2.62.